The summed E-state index contributed by atoms with van der Waals surface area (Å²) in [5.74, 6) is -0.757. The molecule has 1 aliphatic heterocycles. The minimum atomic E-state index is -0.625. The Balaban J connectivity index is 2.58. The third kappa shape index (κ3) is 2.47. The van der Waals surface area contributed by atoms with Gasteiger partial charge in [0.05, 0.1) is 5.92 Å². The van der Waals surface area contributed by atoms with E-state index in [2.05, 4.69) is 25.7 Å². The highest BCUT2D eigenvalue weighted by Gasteiger charge is 2.33. The number of hydrogen-bond donors (Lipinski definition) is 1. The first-order valence-electron chi connectivity index (χ1n) is 5.54. The monoisotopic (exact) mass is 199 g/mol. The minimum Gasteiger partial charge on any atom is -0.481 e. The molecule has 3 heteroatoms. The molecule has 1 rings (SSSR count). The number of nitrogens with zero attached hydrogens (tertiary/aromatic N) is 1. The molecule has 1 aliphatic rings. The molecule has 1 fully saturated rings. The topological polar surface area (TPSA) is 40.5 Å². The average molecular weight is 199 g/mol. The lowest BCUT2D eigenvalue weighted by molar-refractivity contribution is -0.145. The smallest absolute Gasteiger partial charge is 0.306 e. The second-order valence-electron chi connectivity index (χ2n) is 4.44. The molecule has 0 aromatic carbocycles. The molecule has 1 heterocycles. The first-order chi connectivity index (χ1) is 6.56. The maximum atomic E-state index is 10.9. The Morgan fingerprint density at radius 2 is 1.86 bits per heavy atom. The van der Waals surface area contributed by atoms with Crippen LogP contribution in [0.25, 0.3) is 0 Å². The lowest BCUT2D eigenvalue weighted by Crippen LogP contribution is -2.48. The number of carboxylic acid groups (broad SMARTS) is 1. The maximum Gasteiger partial charge on any atom is 0.306 e. The number of aliphatic carboxylic acids is 1. The van der Waals surface area contributed by atoms with Crippen LogP contribution in [-0.2, 0) is 4.79 Å². The van der Waals surface area contributed by atoms with Gasteiger partial charge < -0.3 is 5.11 Å². The molecule has 0 spiro atoms. The van der Waals surface area contributed by atoms with Crippen LogP contribution in [0.3, 0.4) is 0 Å². The maximum absolute atomic E-state index is 10.9. The second kappa shape index (κ2) is 4.78. The van der Waals surface area contributed by atoms with Crippen LogP contribution in [0.15, 0.2) is 0 Å². The van der Waals surface area contributed by atoms with E-state index in [0.717, 1.165) is 25.8 Å². The van der Waals surface area contributed by atoms with Gasteiger partial charge in [-0.05, 0) is 39.7 Å². The number of carboxylic acids is 1. The van der Waals surface area contributed by atoms with Crippen LogP contribution in [0.5, 0.6) is 0 Å². The Morgan fingerprint density at radius 1 is 1.36 bits per heavy atom. The lowest BCUT2D eigenvalue weighted by Gasteiger charge is -2.41. The fraction of sp³-hybridized carbons (Fsp3) is 0.909. The number of likely N-dealkylation sites (tertiary alicyclic amines) is 1. The predicted molar refractivity (Wildman–Crippen MR) is 56.3 cm³/mol. The molecule has 3 nitrogen and oxygen atoms in total. The van der Waals surface area contributed by atoms with Gasteiger partial charge in [0, 0.05) is 12.1 Å². The van der Waals surface area contributed by atoms with Gasteiger partial charge in [-0.3, -0.25) is 9.69 Å². The summed E-state index contributed by atoms with van der Waals surface area (Å²) in [7, 11) is 0. The van der Waals surface area contributed by atoms with Crippen molar-refractivity contribution in [3.05, 3.63) is 0 Å². The Bertz CT molecular complexity index is 193. The van der Waals surface area contributed by atoms with Crippen molar-refractivity contribution in [2.24, 2.45) is 5.92 Å². The molecule has 0 aliphatic carbocycles. The summed E-state index contributed by atoms with van der Waals surface area (Å²) in [4.78, 5) is 13.3. The van der Waals surface area contributed by atoms with E-state index in [1.54, 1.807) is 0 Å². The van der Waals surface area contributed by atoms with Crippen LogP contribution in [0.1, 0.15) is 40.0 Å². The van der Waals surface area contributed by atoms with E-state index in [1.807, 2.05) is 0 Å². The molecule has 14 heavy (non-hydrogen) atoms. The highest BCUT2D eigenvalue weighted by atomic mass is 16.4. The van der Waals surface area contributed by atoms with E-state index in [9.17, 15) is 4.79 Å². The van der Waals surface area contributed by atoms with Crippen molar-refractivity contribution in [2.75, 3.05) is 6.54 Å². The molecular weight excluding hydrogens is 178 g/mol. The van der Waals surface area contributed by atoms with E-state index >= 15 is 0 Å². The minimum absolute atomic E-state index is 0.131. The lowest BCUT2D eigenvalue weighted by atomic mass is 9.87. The molecule has 2 atom stereocenters. The summed E-state index contributed by atoms with van der Waals surface area (Å²) in [5, 5.41) is 8.97. The molecule has 1 N–H and O–H groups in total. The zero-order valence-electron chi connectivity index (χ0n) is 9.36. The fourth-order valence-corrected chi connectivity index (χ4v) is 2.53. The molecule has 0 aromatic heterocycles. The van der Waals surface area contributed by atoms with Crippen molar-refractivity contribution < 1.29 is 9.90 Å². The Morgan fingerprint density at radius 3 is 2.21 bits per heavy atom. The fourth-order valence-electron chi connectivity index (χ4n) is 2.53. The highest BCUT2D eigenvalue weighted by Crippen LogP contribution is 2.27. The quantitative estimate of drug-likeness (QED) is 0.755. The average Bonchev–Trinajstić information content (AvgIpc) is 2.10. The van der Waals surface area contributed by atoms with Gasteiger partial charge in [0.2, 0.25) is 0 Å². The molecule has 0 saturated carbocycles. The highest BCUT2D eigenvalue weighted by molar-refractivity contribution is 5.70. The summed E-state index contributed by atoms with van der Waals surface area (Å²) in [5.41, 5.74) is 0. The van der Waals surface area contributed by atoms with Gasteiger partial charge in [0.15, 0.2) is 0 Å². The molecule has 2 unspecified atom stereocenters. The molecule has 0 radical (unpaired) electrons. The summed E-state index contributed by atoms with van der Waals surface area (Å²) in [6.07, 6.45) is 2.76. The van der Waals surface area contributed by atoms with Crippen molar-refractivity contribution in [2.45, 2.75) is 52.1 Å². The van der Waals surface area contributed by atoms with Crippen molar-refractivity contribution in [1.82, 2.24) is 4.90 Å². The van der Waals surface area contributed by atoms with Gasteiger partial charge in [-0.15, -0.1) is 0 Å². The predicted octanol–water partition coefficient (Wildman–Crippen LogP) is 1.97. The van der Waals surface area contributed by atoms with Crippen molar-refractivity contribution in [1.29, 1.82) is 0 Å². The zero-order chi connectivity index (χ0) is 10.7. The SMILES string of the molecule is CCCN1C(C)CC(C(=O)O)CC1C. The molecule has 82 valence electrons. The van der Waals surface area contributed by atoms with Crippen LogP contribution in [-0.4, -0.2) is 34.6 Å². The molecule has 0 bridgehead atoms. The van der Waals surface area contributed by atoms with Crippen molar-refractivity contribution in [3.63, 3.8) is 0 Å². The normalized spacial score (nSPS) is 34.4. The largest absolute Gasteiger partial charge is 0.481 e. The van der Waals surface area contributed by atoms with Gasteiger partial charge in [-0.1, -0.05) is 6.92 Å². The Hall–Kier alpha value is -0.570. The Labute approximate surface area is 86.1 Å². The van der Waals surface area contributed by atoms with E-state index in [-0.39, 0.29) is 5.92 Å². The van der Waals surface area contributed by atoms with Gasteiger partial charge in [0.1, 0.15) is 0 Å². The van der Waals surface area contributed by atoms with Crippen LogP contribution in [0, 0.1) is 5.92 Å². The van der Waals surface area contributed by atoms with E-state index in [1.165, 1.54) is 0 Å². The number of hydrogen-bond acceptors (Lipinski definition) is 2. The van der Waals surface area contributed by atoms with Gasteiger partial charge >= 0.3 is 5.97 Å². The summed E-state index contributed by atoms with van der Waals surface area (Å²) >= 11 is 0. The first kappa shape index (κ1) is 11.5. The van der Waals surface area contributed by atoms with Crippen LogP contribution in [0.4, 0.5) is 0 Å². The summed E-state index contributed by atoms with van der Waals surface area (Å²) in [6, 6.07) is 0.833. The summed E-state index contributed by atoms with van der Waals surface area (Å²) in [6.45, 7) is 7.54. The Kier molecular flexibility index (Phi) is 3.93. The van der Waals surface area contributed by atoms with Crippen molar-refractivity contribution >= 4 is 5.97 Å². The van der Waals surface area contributed by atoms with E-state index < -0.39 is 5.97 Å². The molecule has 0 aromatic rings. The van der Waals surface area contributed by atoms with Crippen LogP contribution < -0.4 is 0 Å². The van der Waals surface area contributed by atoms with Gasteiger partial charge in [-0.2, -0.15) is 0 Å². The second-order valence-corrected chi connectivity index (χ2v) is 4.44. The van der Waals surface area contributed by atoms with Gasteiger partial charge in [0.25, 0.3) is 0 Å². The van der Waals surface area contributed by atoms with Crippen molar-refractivity contribution in [3.8, 4) is 0 Å². The number of piperidine rings is 1. The molecule has 0 amide bonds. The third-order valence-corrected chi connectivity index (χ3v) is 3.21. The van der Waals surface area contributed by atoms with Crippen LogP contribution in [0.2, 0.25) is 0 Å². The number of rotatable bonds is 3. The van der Waals surface area contributed by atoms with E-state index in [0.29, 0.717) is 12.1 Å². The third-order valence-electron chi connectivity index (χ3n) is 3.21. The molecular formula is C11H21NO2. The van der Waals surface area contributed by atoms with Crippen LogP contribution >= 0.6 is 0 Å². The van der Waals surface area contributed by atoms with Gasteiger partial charge in [-0.25, -0.2) is 0 Å². The first-order valence-corrected chi connectivity index (χ1v) is 5.54. The summed E-state index contributed by atoms with van der Waals surface area (Å²) < 4.78 is 0. The molecule has 1 saturated heterocycles. The van der Waals surface area contributed by atoms with E-state index in [4.69, 9.17) is 5.11 Å². The zero-order valence-corrected chi connectivity index (χ0v) is 9.36. The standard InChI is InChI=1S/C11H21NO2/c1-4-5-12-8(2)6-10(11(13)14)7-9(12)3/h8-10H,4-7H2,1-3H3,(H,13,14). The number of carbonyl (C=O) groups is 1.